The molecule has 1 aromatic heterocycles. The Morgan fingerprint density at radius 1 is 1.45 bits per heavy atom. The number of carboxylic acid groups (broad SMARTS) is 1. The molecule has 1 heterocycles. The second-order valence-electron chi connectivity index (χ2n) is 4.57. The normalized spacial score (nSPS) is 10.5. The summed E-state index contributed by atoms with van der Waals surface area (Å²) >= 11 is 1.36. The van der Waals surface area contributed by atoms with Crippen molar-refractivity contribution in [2.24, 2.45) is 0 Å². The third kappa shape index (κ3) is 3.57. The highest BCUT2D eigenvalue weighted by Gasteiger charge is 2.11. The van der Waals surface area contributed by atoms with Gasteiger partial charge in [0.15, 0.2) is 5.69 Å². The van der Waals surface area contributed by atoms with Crippen molar-refractivity contribution in [2.75, 3.05) is 6.61 Å². The Morgan fingerprint density at radius 2 is 2.25 bits per heavy atom. The fourth-order valence-corrected chi connectivity index (χ4v) is 2.64. The molecule has 106 valence electrons. The van der Waals surface area contributed by atoms with Crippen LogP contribution in [0, 0.1) is 6.92 Å². The summed E-state index contributed by atoms with van der Waals surface area (Å²) in [5, 5.41) is 11.3. The van der Waals surface area contributed by atoms with Gasteiger partial charge >= 0.3 is 5.97 Å². The quantitative estimate of drug-likeness (QED) is 0.884. The number of ether oxygens (including phenoxy) is 1. The van der Waals surface area contributed by atoms with Crippen LogP contribution in [0.1, 0.15) is 40.0 Å². The van der Waals surface area contributed by atoms with Crippen molar-refractivity contribution in [1.82, 2.24) is 4.98 Å². The largest absolute Gasteiger partial charge is 0.493 e. The minimum Gasteiger partial charge on any atom is -0.493 e. The molecule has 0 aliphatic heterocycles. The number of nitrogens with zero attached hydrogens (tertiary/aromatic N) is 1. The highest BCUT2D eigenvalue weighted by molar-refractivity contribution is 7.09. The molecule has 0 saturated carbocycles. The van der Waals surface area contributed by atoms with Gasteiger partial charge in [0.05, 0.1) is 11.6 Å². The fraction of sp³-hybridized carbons (Fsp3) is 0.333. The Balaban J connectivity index is 2.21. The average Bonchev–Trinajstić information content (AvgIpc) is 2.87. The molecule has 0 unspecified atom stereocenters. The van der Waals surface area contributed by atoms with Gasteiger partial charge in [-0.15, -0.1) is 11.3 Å². The molecule has 0 radical (unpaired) electrons. The first-order chi connectivity index (χ1) is 9.60. The predicted octanol–water partition coefficient (Wildman–Crippen LogP) is 3.53. The topological polar surface area (TPSA) is 59.4 Å². The Bertz CT molecular complexity index is 607. The van der Waals surface area contributed by atoms with E-state index in [0.29, 0.717) is 13.0 Å². The minimum absolute atomic E-state index is 0.105. The number of hydrogen-bond donors (Lipinski definition) is 1. The number of aryl methyl sites for hydroxylation is 1. The molecule has 4 nitrogen and oxygen atoms in total. The number of benzene rings is 1. The summed E-state index contributed by atoms with van der Waals surface area (Å²) in [5.74, 6) is -0.135. The van der Waals surface area contributed by atoms with Crippen molar-refractivity contribution in [3.8, 4) is 5.75 Å². The number of carboxylic acids is 1. The SMILES string of the molecule is CCCOc1ccc(C)cc1Cc1nc(C(=O)O)cs1. The van der Waals surface area contributed by atoms with Gasteiger partial charge in [0, 0.05) is 17.4 Å². The summed E-state index contributed by atoms with van der Waals surface area (Å²) in [4.78, 5) is 15.0. The van der Waals surface area contributed by atoms with Gasteiger partial charge in [-0.05, 0) is 19.4 Å². The molecule has 0 bridgehead atoms. The molecule has 0 spiro atoms. The molecule has 0 aliphatic rings. The highest BCUT2D eigenvalue weighted by Crippen LogP contribution is 2.24. The van der Waals surface area contributed by atoms with Gasteiger partial charge in [0.25, 0.3) is 0 Å². The third-order valence-corrected chi connectivity index (χ3v) is 3.64. The molecule has 0 aliphatic carbocycles. The van der Waals surface area contributed by atoms with E-state index in [0.717, 1.165) is 28.3 Å². The fourth-order valence-electron chi connectivity index (χ4n) is 1.85. The van der Waals surface area contributed by atoms with Gasteiger partial charge in [-0.2, -0.15) is 0 Å². The molecule has 2 aromatic rings. The number of rotatable bonds is 6. The van der Waals surface area contributed by atoms with Gasteiger partial charge in [-0.3, -0.25) is 0 Å². The molecule has 2 rings (SSSR count). The van der Waals surface area contributed by atoms with Crippen molar-refractivity contribution >= 4 is 17.3 Å². The van der Waals surface area contributed by atoms with Gasteiger partial charge < -0.3 is 9.84 Å². The van der Waals surface area contributed by atoms with Crippen LogP contribution in [0.25, 0.3) is 0 Å². The number of aromatic nitrogens is 1. The molecular formula is C15H17NO3S. The molecule has 0 saturated heterocycles. The van der Waals surface area contributed by atoms with Crippen molar-refractivity contribution in [2.45, 2.75) is 26.7 Å². The van der Waals surface area contributed by atoms with Crippen LogP contribution in [0.2, 0.25) is 0 Å². The van der Waals surface area contributed by atoms with Gasteiger partial charge in [0.2, 0.25) is 0 Å². The number of thiazole rings is 1. The second-order valence-corrected chi connectivity index (χ2v) is 5.51. The number of hydrogen-bond acceptors (Lipinski definition) is 4. The Morgan fingerprint density at radius 3 is 2.90 bits per heavy atom. The summed E-state index contributed by atoms with van der Waals surface area (Å²) in [6.07, 6.45) is 1.55. The van der Waals surface area contributed by atoms with Gasteiger partial charge in [-0.25, -0.2) is 9.78 Å². The molecular weight excluding hydrogens is 274 g/mol. The molecule has 0 amide bonds. The van der Waals surface area contributed by atoms with E-state index < -0.39 is 5.97 Å². The molecule has 5 heteroatoms. The maximum Gasteiger partial charge on any atom is 0.355 e. The van der Waals surface area contributed by atoms with E-state index in [4.69, 9.17) is 9.84 Å². The lowest BCUT2D eigenvalue weighted by Gasteiger charge is -2.10. The lowest BCUT2D eigenvalue weighted by molar-refractivity contribution is 0.0691. The number of carbonyl (C=O) groups is 1. The zero-order valence-electron chi connectivity index (χ0n) is 11.5. The Kier molecular flexibility index (Phi) is 4.74. The van der Waals surface area contributed by atoms with E-state index in [2.05, 4.69) is 18.0 Å². The lowest BCUT2D eigenvalue weighted by Crippen LogP contribution is -2.01. The van der Waals surface area contributed by atoms with Crippen LogP contribution in [0.3, 0.4) is 0 Å². The summed E-state index contributed by atoms with van der Waals surface area (Å²) in [6.45, 7) is 4.76. The van der Waals surface area contributed by atoms with Crippen molar-refractivity contribution in [3.63, 3.8) is 0 Å². The standard InChI is InChI=1S/C15H17NO3S/c1-3-6-19-13-5-4-10(2)7-11(13)8-14-16-12(9-20-14)15(17)18/h4-5,7,9H,3,6,8H2,1-2H3,(H,17,18). The first-order valence-electron chi connectivity index (χ1n) is 6.50. The van der Waals surface area contributed by atoms with Crippen LogP contribution in [-0.2, 0) is 6.42 Å². The maximum atomic E-state index is 10.8. The minimum atomic E-state index is -0.987. The number of aromatic carboxylic acids is 1. The molecule has 0 atom stereocenters. The Labute approximate surface area is 122 Å². The molecule has 20 heavy (non-hydrogen) atoms. The zero-order chi connectivity index (χ0) is 14.5. The van der Waals surface area contributed by atoms with Crippen molar-refractivity contribution < 1.29 is 14.6 Å². The lowest BCUT2D eigenvalue weighted by atomic mass is 10.1. The molecule has 1 N–H and O–H groups in total. The first kappa shape index (κ1) is 14.5. The van der Waals surface area contributed by atoms with E-state index >= 15 is 0 Å². The van der Waals surface area contributed by atoms with E-state index in [1.54, 1.807) is 5.38 Å². The van der Waals surface area contributed by atoms with Crippen LogP contribution in [0.15, 0.2) is 23.6 Å². The Hall–Kier alpha value is -1.88. The van der Waals surface area contributed by atoms with E-state index in [1.807, 2.05) is 19.1 Å². The third-order valence-electron chi connectivity index (χ3n) is 2.79. The van der Waals surface area contributed by atoms with E-state index in [1.165, 1.54) is 11.3 Å². The summed E-state index contributed by atoms with van der Waals surface area (Å²) < 4.78 is 5.73. The van der Waals surface area contributed by atoms with Crippen molar-refractivity contribution in [3.05, 3.63) is 45.4 Å². The van der Waals surface area contributed by atoms with Crippen LogP contribution < -0.4 is 4.74 Å². The van der Waals surface area contributed by atoms with Gasteiger partial charge in [0.1, 0.15) is 5.75 Å². The summed E-state index contributed by atoms with van der Waals surface area (Å²) in [5.41, 5.74) is 2.30. The molecule has 0 fully saturated rings. The predicted molar refractivity (Wildman–Crippen MR) is 78.8 cm³/mol. The zero-order valence-corrected chi connectivity index (χ0v) is 12.4. The maximum absolute atomic E-state index is 10.8. The van der Waals surface area contributed by atoms with E-state index in [-0.39, 0.29) is 5.69 Å². The highest BCUT2D eigenvalue weighted by atomic mass is 32.1. The first-order valence-corrected chi connectivity index (χ1v) is 7.38. The summed E-state index contributed by atoms with van der Waals surface area (Å²) in [6, 6.07) is 6.04. The van der Waals surface area contributed by atoms with Crippen LogP contribution in [-0.4, -0.2) is 22.7 Å². The average molecular weight is 291 g/mol. The summed E-state index contributed by atoms with van der Waals surface area (Å²) in [7, 11) is 0. The van der Waals surface area contributed by atoms with Gasteiger partial charge in [-0.1, -0.05) is 24.6 Å². The van der Waals surface area contributed by atoms with Crippen LogP contribution in [0.5, 0.6) is 5.75 Å². The van der Waals surface area contributed by atoms with Crippen LogP contribution in [0.4, 0.5) is 0 Å². The smallest absolute Gasteiger partial charge is 0.355 e. The molecule has 1 aromatic carbocycles. The van der Waals surface area contributed by atoms with E-state index in [9.17, 15) is 4.79 Å². The van der Waals surface area contributed by atoms with Crippen LogP contribution >= 0.6 is 11.3 Å². The van der Waals surface area contributed by atoms with Crippen molar-refractivity contribution in [1.29, 1.82) is 0 Å². The monoisotopic (exact) mass is 291 g/mol. The second kappa shape index (κ2) is 6.52.